The Labute approximate surface area is 62.4 Å². The summed E-state index contributed by atoms with van der Waals surface area (Å²) in [7, 11) is 1.48. The van der Waals surface area contributed by atoms with Crippen LogP contribution < -0.4 is 11.1 Å². The molecule has 0 bridgehead atoms. The van der Waals surface area contributed by atoms with E-state index in [1.54, 1.807) is 6.92 Å². The van der Waals surface area contributed by atoms with Gasteiger partial charge in [0, 0.05) is 7.05 Å². The van der Waals surface area contributed by atoms with Crippen molar-refractivity contribution in [2.75, 3.05) is 7.05 Å². The van der Waals surface area contributed by atoms with Crippen LogP contribution in [0.5, 0.6) is 0 Å². The lowest BCUT2D eigenvalue weighted by molar-refractivity contribution is 0.0957. The highest BCUT2D eigenvalue weighted by Crippen LogP contribution is 1.99. The molecule has 0 atom stereocenters. The molecular weight excluding hydrogens is 148 g/mol. The van der Waals surface area contributed by atoms with Gasteiger partial charge in [-0.05, 0) is 6.92 Å². The van der Waals surface area contributed by atoms with Crippen molar-refractivity contribution < 1.29 is 9.21 Å². The van der Waals surface area contributed by atoms with Gasteiger partial charge in [0.1, 0.15) is 11.5 Å². The van der Waals surface area contributed by atoms with Crippen molar-refractivity contribution in [2.24, 2.45) is 0 Å². The van der Waals surface area contributed by atoms with E-state index < -0.39 is 5.76 Å². The third-order valence-electron chi connectivity index (χ3n) is 1.28. The summed E-state index contributed by atoms with van der Waals surface area (Å²) in [5, 5.41) is 2.37. The van der Waals surface area contributed by atoms with E-state index in [1.165, 1.54) is 7.05 Å². The van der Waals surface area contributed by atoms with Crippen molar-refractivity contribution in [1.82, 2.24) is 10.3 Å². The number of hydrogen-bond donors (Lipinski definition) is 2. The van der Waals surface area contributed by atoms with E-state index in [9.17, 15) is 9.59 Å². The first kappa shape index (κ1) is 7.59. The zero-order valence-corrected chi connectivity index (χ0v) is 6.22. The summed E-state index contributed by atoms with van der Waals surface area (Å²) in [6.45, 7) is 1.54. The molecule has 1 heterocycles. The topological polar surface area (TPSA) is 75.1 Å². The van der Waals surface area contributed by atoms with E-state index in [2.05, 4.69) is 14.7 Å². The molecule has 1 aromatic heterocycles. The maximum absolute atomic E-state index is 10.9. The molecule has 0 unspecified atom stereocenters. The van der Waals surface area contributed by atoms with Crippen LogP contribution in [0.4, 0.5) is 0 Å². The second kappa shape index (κ2) is 2.61. The SMILES string of the molecule is CNC(=O)c1[nH]c(=O)oc1C. The number of aromatic amines is 1. The van der Waals surface area contributed by atoms with Crippen molar-refractivity contribution in [2.45, 2.75) is 6.92 Å². The number of rotatable bonds is 1. The van der Waals surface area contributed by atoms with Gasteiger partial charge >= 0.3 is 5.76 Å². The second-order valence-electron chi connectivity index (χ2n) is 2.02. The standard InChI is InChI=1S/C6H8N2O3/c1-3-4(5(9)7-2)8-6(10)11-3/h1-2H3,(H,7,9)(H,8,10). The average Bonchev–Trinajstić information content (AvgIpc) is 2.28. The van der Waals surface area contributed by atoms with Crippen LogP contribution in [0.2, 0.25) is 0 Å². The third-order valence-corrected chi connectivity index (χ3v) is 1.28. The Hall–Kier alpha value is -1.52. The molecule has 2 N–H and O–H groups in total. The van der Waals surface area contributed by atoms with Crippen LogP contribution in [0.1, 0.15) is 16.2 Å². The van der Waals surface area contributed by atoms with Crippen molar-refractivity contribution in [3.05, 3.63) is 22.0 Å². The molecule has 5 nitrogen and oxygen atoms in total. The first-order chi connectivity index (χ1) is 5.15. The lowest BCUT2D eigenvalue weighted by atomic mass is 10.3. The molecule has 0 fully saturated rings. The van der Waals surface area contributed by atoms with Gasteiger partial charge < -0.3 is 9.73 Å². The fourth-order valence-corrected chi connectivity index (χ4v) is 0.747. The molecule has 0 saturated heterocycles. The Morgan fingerprint density at radius 2 is 2.27 bits per heavy atom. The second-order valence-corrected chi connectivity index (χ2v) is 2.02. The summed E-state index contributed by atoms with van der Waals surface area (Å²) in [4.78, 5) is 23.7. The molecule has 60 valence electrons. The van der Waals surface area contributed by atoms with Crippen molar-refractivity contribution in [3.8, 4) is 0 Å². The molecule has 0 aliphatic carbocycles. The predicted molar refractivity (Wildman–Crippen MR) is 37.5 cm³/mol. The van der Waals surface area contributed by atoms with Crippen LogP contribution in [-0.2, 0) is 0 Å². The molecule has 0 aromatic carbocycles. The maximum atomic E-state index is 10.9. The summed E-state index contributed by atoms with van der Waals surface area (Å²) in [5.74, 6) is -0.663. The van der Waals surface area contributed by atoms with Gasteiger partial charge in [0.2, 0.25) is 0 Å². The molecule has 0 aliphatic heterocycles. The number of oxazole rings is 1. The van der Waals surface area contributed by atoms with Gasteiger partial charge in [-0.2, -0.15) is 0 Å². The lowest BCUT2D eigenvalue weighted by Gasteiger charge is -1.92. The van der Waals surface area contributed by atoms with Gasteiger partial charge in [-0.15, -0.1) is 0 Å². The summed E-state index contributed by atoms with van der Waals surface area (Å²) in [6.07, 6.45) is 0. The quantitative estimate of drug-likeness (QED) is 0.582. The minimum atomic E-state index is -0.610. The highest BCUT2D eigenvalue weighted by molar-refractivity contribution is 5.92. The molecule has 0 radical (unpaired) electrons. The zero-order chi connectivity index (χ0) is 8.43. The van der Waals surface area contributed by atoms with E-state index in [0.29, 0.717) is 5.76 Å². The summed E-state index contributed by atoms with van der Waals surface area (Å²) < 4.78 is 4.57. The molecular formula is C6H8N2O3. The summed E-state index contributed by atoms with van der Waals surface area (Å²) in [5.41, 5.74) is 0.178. The summed E-state index contributed by atoms with van der Waals surface area (Å²) in [6, 6.07) is 0. The Kier molecular flexibility index (Phi) is 1.80. The van der Waals surface area contributed by atoms with Gasteiger partial charge in [-0.3, -0.25) is 9.78 Å². The van der Waals surface area contributed by atoms with Crippen LogP contribution in [0, 0.1) is 6.92 Å². The van der Waals surface area contributed by atoms with E-state index in [0.717, 1.165) is 0 Å². The van der Waals surface area contributed by atoms with Crippen molar-refractivity contribution >= 4 is 5.91 Å². The minimum absolute atomic E-state index is 0.178. The highest BCUT2D eigenvalue weighted by Gasteiger charge is 2.11. The van der Waals surface area contributed by atoms with E-state index in [4.69, 9.17) is 0 Å². The van der Waals surface area contributed by atoms with Crippen LogP contribution in [0.15, 0.2) is 9.21 Å². The van der Waals surface area contributed by atoms with Crippen LogP contribution in [-0.4, -0.2) is 17.9 Å². The van der Waals surface area contributed by atoms with Crippen LogP contribution in [0.25, 0.3) is 0 Å². The number of aromatic nitrogens is 1. The van der Waals surface area contributed by atoms with Gasteiger partial charge in [0.05, 0.1) is 0 Å². The molecule has 0 saturated carbocycles. The van der Waals surface area contributed by atoms with E-state index in [1.807, 2.05) is 0 Å². The number of amides is 1. The number of nitrogens with one attached hydrogen (secondary N) is 2. The molecule has 0 spiro atoms. The number of hydrogen-bond acceptors (Lipinski definition) is 3. The average molecular weight is 156 g/mol. The molecule has 5 heteroatoms. The minimum Gasteiger partial charge on any atom is -0.413 e. The van der Waals surface area contributed by atoms with E-state index in [-0.39, 0.29) is 11.6 Å². The highest BCUT2D eigenvalue weighted by atomic mass is 16.4. The monoisotopic (exact) mass is 156 g/mol. The Morgan fingerprint density at radius 1 is 1.64 bits per heavy atom. The maximum Gasteiger partial charge on any atom is 0.417 e. The number of aryl methyl sites for hydroxylation is 1. The molecule has 0 aliphatic rings. The van der Waals surface area contributed by atoms with Gasteiger partial charge in [-0.25, -0.2) is 4.79 Å². The van der Waals surface area contributed by atoms with Gasteiger partial charge in [0.15, 0.2) is 0 Å². The molecule has 11 heavy (non-hydrogen) atoms. The summed E-state index contributed by atoms with van der Waals surface area (Å²) >= 11 is 0. The first-order valence-electron chi connectivity index (χ1n) is 3.07. The first-order valence-corrected chi connectivity index (χ1v) is 3.07. The predicted octanol–water partition coefficient (Wildman–Crippen LogP) is -0.364. The van der Waals surface area contributed by atoms with Crippen molar-refractivity contribution in [1.29, 1.82) is 0 Å². The number of carbonyl (C=O) groups excluding carboxylic acids is 1. The smallest absolute Gasteiger partial charge is 0.413 e. The number of carbonyl (C=O) groups is 1. The van der Waals surface area contributed by atoms with Crippen molar-refractivity contribution in [3.63, 3.8) is 0 Å². The van der Waals surface area contributed by atoms with Crippen LogP contribution in [0.3, 0.4) is 0 Å². The Bertz CT molecular complexity index is 323. The van der Waals surface area contributed by atoms with Gasteiger partial charge in [-0.1, -0.05) is 0 Å². The van der Waals surface area contributed by atoms with Gasteiger partial charge in [0.25, 0.3) is 5.91 Å². The third kappa shape index (κ3) is 1.31. The normalized spacial score (nSPS) is 9.64. The molecule has 1 rings (SSSR count). The molecule has 1 amide bonds. The fraction of sp³-hybridized carbons (Fsp3) is 0.333. The largest absolute Gasteiger partial charge is 0.417 e. The molecule has 1 aromatic rings. The van der Waals surface area contributed by atoms with E-state index >= 15 is 0 Å². The fourth-order valence-electron chi connectivity index (χ4n) is 0.747. The zero-order valence-electron chi connectivity index (χ0n) is 6.22. The Morgan fingerprint density at radius 3 is 2.64 bits per heavy atom. The number of H-pyrrole nitrogens is 1. The lowest BCUT2D eigenvalue weighted by Crippen LogP contribution is -2.19. The van der Waals surface area contributed by atoms with Crippen LogP contribution >= 0.6 is 0 Å². The Balaban J connectivity index is 3.13.